The molecule has 2 heterocycles. The van der Waals surface area contributed by atoms with E-state index >= 15 is 0 Å². The first-order chi connectivity index (χ1) is 11.4. The largest absolute Gasteiger partial charge is 0.458 e. The number of aromatic nitrogens is 2. The van der Waals surface area contributed by atoms with Crippen LogP contribution in [0.15, 0.2) is 51.9 Å². The second-order valence-corrected chi connectivity index (χ2v) is 7.08. The molecule has 0 amide bonds. The Morgan fingerprint density at radius 1 is 1.25 bits per heavy atom. The normalized spacial score (nSPS) is 11.8. The maximum Gasteiger partial charge on any atom is 0.241 e. The third kappa shape index (κ3) is 3.24. The summed E-state index contributed by atoms with van der Waals surface area (Å²) in [6.07, 6.45) is 1.65. The molecule has 0 aliphatic carbocycles. The summed E-state index contributed by atoms with van der Waals surface area (Å²) in [6.45, 7) is 1.54. The molecule has 6 nitrogen and oxygen atoms in total. The number of hydrogen-bond acceptors (Lipinski definition) is 4. The Morgan fingerprint density at radius 3 is 2.71 bits per heavy atom. The molecule has 0 aliphatic heterocycles. The molecule has 1 aromatic carbocycles. The third-order valence-corrected chi connectivity index (χ3v) is 5.16. The van der Waals surface area contributed by atoms with E-state index in [0.29, 0.717) is 17.1 Å². The van der Waals surface area contributed by atoms with Crippen LogP contribution in [0.3, 0.4) is 0 Å². The molecule has 0 spiro atoms. The first-order valence-electron chi connectivity index (χ1n) is 7.20. The van der Waals surface area contributed by atoms with E-state index in [0.717, 1.165) is 11.8 Å². The van der Waals surface area contributed by atoms with Crippen molar-refractivity contribution in [1.29, 1.82) is 0 Å². The molecule has 0 atom stereocenters. The number of aryl methyl sites for hydroxylation is 2. The minimum atomic E-state index is -3.75. The Labute approximate surface area is 139 Å². The monoisotopic (exact) mass is 349 g/mol. The first-order valence-corrected chi connectivity index (χ1v) is 8.68. The van der Waals surface area contributed by atoms with Crippen LogP contribution in [0.1, 0.15) is 11.3 Å². The van der Waals surface area contributed by atoms with Gasteiger partial charge in [0.1, 0.15) is 17.3 Å². The minimum Gasteiger partial charge on any atom is -0.458 e. The van der Waals surface area contributed by atoms with Crippen molar-refractivity contribution < 1.29 is 17.2 Å². The number of hydrogen-bond donors (Lipinski definition) is 1. The average molecular weight is 349 g/mol. The predicted molar refractivity (Wildman–Crippen MR) is 86.1 cm³/mol. The SMILES string of the molecule is Cc1cc(F)ccc1S(=O)(=O)NCc1ccc(-c2ccnn2C)o1. The molecule has 0 saturated carbocycles. The maximum absolute atomic E-state index is 13.1. The number of benzene rings is 1. The number of furan rings is 1. The molecule has 3 rings (SSSR count). The van der Waals surface area contributed by atoms with E-state index in [1.165, 1.54) is 12.1 Å². The number of rotatable bonds is 5. The van der Waals surface area contributed by atoms with E-state index in [1.807, 2.05) is 0 Å². The number of sulfonamides is 1. The molecule has 0 radical (unpaired) electrons. The van der Waals surface area contributed by atoms with E-state index in [1.54, 1.807) is 43.0 Å². The zero-order valence-electron chi connectivity index (χ0n) is 13.2. The van der Waals surface area contributed by atoms with Crippen LogP contribution < -0.4 is 4.72 Å². The molecule has 24 heavy (non-hydrogen) atoms. The van der Waals surface area contributed by atoms with Crippen molar-refractivity contribution in [2.75, 3.05) is 0 Å². The van der Waals surface area contributed by atoms with Gasteiger partial charge in [0, 0.05) is 13.2 Å². The lowest BCUT2D eigenvalue weighted by molar-refractivity contribution is 0.505. The van der Waals surface area contributed by atoms with Crippen LogP contribution in [0, 0.1) is 12.7 Å². The highest BCUT2D eigenvalue weighted by atomic mass is 32.2. The summed E-state index contributed by atoms with van der Waals surface area (Å²) in [7, 11) is -1.96. The highest BCUT2D eigenvalue weighted by Crippen LogP contribution is 2.22. The van der Waals surface area contributed by atoms with E-state index in [2.05, 4.69) is 9.82 Å². The molecule has 3 aromatic rings. The molecule has 0 fully saturated rings. The minimum absolute atomic E-state index is 0.00298. The molecule has 0 aliphatic rings. The van der Waals surface area contributed by atoms with Crippen molar-refractivity contribution >= 4 is 10.0 Å². The summed E-state index contributed by atoms with van der Waals surface area (Å²) in [4.78, 5) is 0.0438. The number of nitrogens with one attached hydrogen (secondary N) is 1. The fraction of sp³-hybridized carbons (Fsp3) is 0.188. The average Bonchev–Trinajstić information content (AvgIpc) is 3.13. The molecular formula is C16H16FN3O3S. The van der Waals surface area contributed by atoms with Crippen molar-refractivity contribution in [1.82, 2.24) is 14.5 Å². The van der Waals surface area contributed by atoms with Crippen LogP contribution >= 0.6 is 0 Å². The van der Waals surface area contributed by atoms with E-state index < -0.39 is 15.8 Å². The lowest BCUT2D eigenvalue weighted by Crippen LogP contribution is -2.23. The van der Waals surface area contributed by atoms with Crippen molar-refractivity contribution in [2.45, 2.75) is 18.4 Å². The maximum atomic E-state index is 13.1. The zero-order valence-corrected chi connectivity index (χ0v) is 14.0. The van der Waals surface area contributed by atoms with Gasteiger partial charge in [-0.3, -0.25) is 4.68 Å². The van der Waals surface area contributed by atoms with Gasteiger partial charge in [-0.25, -0.2) is 17.5 Å². The Balaban J connectivity index is 1.76. The molecule has 0 bridgehead atoms. The van der Waals surface area contributed by atoms with Gasteiger partial charge < -0.3 is 4.42 Å². The fourth-order valence-corrected chi connectivity index (χ4v) is 3.60. The first kappa shape index (κ1) is 16.4. The van der Waals surface area contributed by atoms with Crippen molar-refractivity contribution in [3.8, 4) is 11.5 Å². The lowest BCUT2D eigenvalue weighted by Gasteiger charge is -2.08. The molecular weight excluding hydrogens is 333 g/mol. The summed E-state index contributed by atoms with van der Waals surface area (Å²) in [5, 5.41) is 4.06. The predicted octanol–water partition coefficient (Wildman–Crippen LogP) is 2.61. The topological polar surface area (TPSA) is 77.1 Å². The second kappa shape index (κ2) is 6.21. The van der Waals surface area contributed by atoms with Gasteiger partial charge in [-0.1, -0.05) is 0 Å². The van der Waals surface area contributed by atoms with Crippen LogP contribution in [-0.4, -0.2) is 18.2 Å². The summed E-state index contributed by atoms with van der Waals surface area (Å²) in [5.74, 6) is 0.593. The van der Waals surface area contributed by atoms with Gasteiger partial charge in [0.25, 0.3) is 0 Å². The van der Waals surface area contributed by atoms with Crippen LogP contribution in [0.25, 0.3) is 11.5 Å². The van der Waals surface area contributed by atoms with Gasteiger partial charge in [-0.2, -0.15) is 5.10 Å². The van der Waals surface area contributed by atoms with Crippen molar-refractivity contribution in [3.63, 3.8) is 0 Å². The summed E-state index contributed by atoms with van der Waals surface area (Å²) >= 11 is 0. The van der Waals surface area contributed by atoms with Gasteiger partial charge in [-0.15, -0.1) is 0 Å². The van der Waals surface area contributed by atoms with Crippen LogP contribution in [-0.2, 0) is 23.6 Å². The molecule has 126 valence electrons. The fourth-order valence-electron chi connectivity index (χ4n) is 2.38. The van der Waals surface area contributed by atoms with Gasteiger partial charge in [-0.05, 0) is 48.9 Å². The van der Waals surface area contributed by atoms with Gasteiger partial charge in [0.15, 0.2) is 5.76 Å². The van der Waals surface area contributed by atoms with Gasteiger partial charge in [0.05, 0.1) is 11.4 Å². The van der Waals surface area contributed by atoms with E-state index in [9.17, 15) is 12.8 Å². The van der Waals surface area contributed by atoms with E-state index in [4.69, 9.17) is 4.42 Å². The second-order valence-electron chi connectivity index (χ2n) is 5.34. The zero-order chi connectivity index (χ0) is 17.3. The summed E-state index contributed by atoms with van der Waals surface area (Å²) < 4.78 is 47.6. The highest BCUT2D eigenvalue weighted by Gasteiger charge is 2.18. The Hall–Kier alpha value is -2.45. The molecule has 0 saturated heterocycles. The van der Waals surface area contributed by atoms with Gasteiger partial charge in [0.2, 0.25) is 10.0 Å². The standard InChI is InChI=1S/C16H16FN3O3S/c1-11-9-12(17)3-6-16(11)24(21,22)19-10-13-4-5-15(23-13)14-7-8-18-20(14)2/h3-9,19H,10H2,1-2H3. The smallest absolute Gasteiger partial charge is 0.241 e. The third-order valence-electron chi connectivity index (χ3n) is 3.60. The van der Waals surface area contributed by atoms with Crippen LogP contribution in [0.4, 0.5) is 4.39 Å². The summed E-state index contributed by atoms with van der Waals surface area (Å²) in [6, 6.07) is 8.80. The lowest BCUT2D eigenvalue weighted by atomic mass is 10.2. The Morgan fingerprint density at radius 2 is 2.04 bits per heavy atom. The van der Waals surface area contributed by atoms with Gasteiger partial charge >= 0.3 is 0 Å². The molecule has 2 aromatic heterocycles. The molecule has 0 unspecified atom stereocenters. The Bertz CT molecular complexity index is 976. The van der Waals surface area contributed by atoms with E-state index in [-0.39, 0.29) is 11.4 Å². The van der Waals surface area contributed by atoms with Crippen LogP contribution in [0.2, 0.25) is 0 Å². The molecule has 8 heteroatoms. The number of nitrogens with zero attached hydrogens (tertiary/aromatic N) is 2. The van der Waals surface area contributed by atoms with Crippen molar-refractivity contribution in [2.24, 2.45) is 7.05 Å². The number of halogens is 1. The Kier molecular flexibility index (Phi) is 4.25. The van der Waals surface area contributed by atoms with Crippen LogP contribution in [0.5, 0.6) is 0 Å². The van der Waals surface area contributed by atoms with Crippen molar-refractivity contribution in [3.05, 3.63) is 59.7 Å². The quantitative estimate of drug-likeness (QED) is 0.768. The summed E-state index contributed by atoms with van der Waals surface area (Å²) in [5.41, 5.74) is 1.14. The molecule has 1 N–H and O–H groups in total. The highest BCUT2D eigenvalue weighted by molar-refractivity contribution is 7.89.